The van der Waals surface area contributed by atoms with Crippen LogP contribution in [0.25, 0.3) is 6.08 Å². The molecular weight excluding hydrogens is 190 g/mol. The van der Waals surface area contributed by atoms with Crippen molar-refractivity contribution in [1.29, 1.82) is 0 Å². The summed E-state index contributed by atoms with van der Waals surface area (Å²) in [5, 5.41) is 8.78. The fourth-order valence-electron chi connectivity index (χ4n) is 0.815. The SMILES string of the molecule is Nc1ccc(/C=C\C(=O)O)cc1Cl. The average Bonchev–Trinajstić information content (AvgIpc) is 2.07. The minimum absolute atomic E-state index is 0.424. The Morgan fingerprint density at radius 1 is 1.54 bits per heavy atom. The molecule has 1 rings (SSSR count). The highest BCUT2D eigenvalue weighted by Gasteiger charge is 1.95. The molecule has 4 heteroatoms. The molecule has 0 aliphatic carbocycles. The van der Waals surface area contributed by atoms with E-state index in [2.05, 4.69) is 0 Å². The molecule has 1 aromatic rings. The van der Waals surface area contributed by atoms with E-state index in [1.165, 1.54) is 6.08 Å². The fraction of sp³-hybridized carbons (Fsp3) is 0. The third-order valence-electron chi connectivity index (χ3n) is 1.44. The van der Waals surface area contributed by atoms with Crippen molar-refractivity contribution < 1.29 is 9.90 Å². The lowest BCUT2D eigenvalue weighted by molar-refractivity contribution is -0.131. The second kappa shape index (κ2) is 3.96. The number of carbonyl (C=O) groups is 1. The molecule has 0 atom stereocenters. The van der Waals surface area contributed by atoms with Crippen molar-refractivity contribution in [3.63, 3.8) is 0 Å². The van der Waals surface area contributed by atoms with E-state index in [-0.39, 0.29) is 0 Å². The number of anilines is 1. The van der Waals surface area contributed by atoms with Gasteiger partial charge in [-0.2, -0.15) is 0 Å². The van der Waals surface area contributed by atoms with Gasteiger partial charge < -0.3 is 10.8 Å². The Labute approximate surface area is 80.4 Å². The van der Waals surface area contributed by atoms with E-state index in [0.717, 1.165) is 6.08 Å². The maximum absolute atomic E-state index is 10.2. The Bertz CT molecular complexity index is 361. The van der Waals surface area contributed by atoms with Crippen LogP contribution in [0.4, 0.5) is 5.69 Å². The van der Waals surface area contributed by atoms with Crippen LogP contribution in [-0.4, -0.2) is 11.1 Å². The molecular formula is C9H8ClNO2. The van der Waals surface area contributed by atoms with Crippen LogP contribution in [0.5, 0.6) is 0 Å². The van der Waals surface area contributed by atoms with E-state index in [4.69, 9.17) is 22.4 Å². The van der Waals surface area contributed by atoms with E-state index in [9.17, 15) is 4.79 Å². The molecule has 0 saturated carbocycles. The van der Waals surface area contributed by atoms with Crippen molar-refractivity contribution in [1.82, 2.24) is 0 Å². The van der Waals surface area contributed by atoms with Crippen molar-refractivity contribution in [3.8, 4) is 0 Å². The number of halogens is 1. The van der Waals surface area contributed by atoms with Crippen molar-refractivity contribution in [2.45, 2.75) is 0 Å². The molecule has 0 aliphatic rings. The molecule has 0 bridgehead atoms. The van der Waals surface area contributed by atoms with Crippen molar-refractivity contribution in [2.24, 2.45) is 0 Å². The summed E-state index contributed by atoms with van der Waals surface area (Å²) >= 11 is 5.72. The maximum atomic E-state index is 10.2. The van der Waals surface area contributed by atoms with Gasteiger partial charge in [0, 0.05) is 6.08 Å². The normalized spacial score (nSPS) is 10.5. The van der Waals surface area contributed by atoms with Crippen LogP contribution in [0.2, 0.25) is 5.02 Å². The summed E-state index contributed by atoms with van der Waals surface area (Å²) in [6.07, 6.45) is 2.50. The minimum atomic E-state index is -0.993. The predicted molar refractivity (Wildman–Crippen MR) is 52.5 cm³/mol. The van der Waals surface area contributed by atoms with Gasteiger partial charge in [-0.15, -0.1) is 0 Å². The predicted octanol–water partition coefficient (Wildman–Crippen LogP) is 2.02. The summed E-state index contributed by atoms with van der Waals surface area (Å²) in [6.45, 7) is 0. The number of nitrogen functional groups attached to an aromatic ring is 1. The molecule has 13 heavy (non-hydrogen) atoms. The number of carboxylic acids is 1. The van der Waals surface area contributed by atoms with Gasteiger partial charge in [-0.05, 0) is 23.8 Å². The first-order valence-corrected chi connectivity index (χ1v) is 3.93. The van der Waals surface area contributed by atoms with Gasteiger partial charge in [0.2, 0.25) is 0 Å². The Hall–Kier alpha value is -1.48. The van der Waals surface area contributed by atoms with Gasteiger partial charge >= 0.3 is 5.97 Å². The highest BCUT2D eigenvalue weighted by Crippen LogP contribution is 2.20. The first-order valence-electron chi connectivity index (χ1n) is 3.55. The smallest absolute Gasteiger partial charge is 0.328 e. The molecule has 0 saturated heterocycles. The van der Waals surface area contributed by atoms with Crippen LogP contribution in [0.1, 0.15) is 5.56 Å². The molecule has 3 N–H and O–H groups in total. The van der Waals surface area contributed by atoms with Crippen LogP contribution in [0.3, 0.4) is 0 Å². The molecule has 0 aromatic heterocycles. The van der Waals surface area contributed by atoms with E-state index < -0.39 is 5.97 Å². The number of hydrogen-bond donors (Lipinski definition) is 2. The lowest BCUT2D eigenvalue weighted by atomic mass is 10.2. The average molecular weight is 198 g/mol. The van der Waals surface area contributed by atoms with E-state index in [1.807, 2.05) is 0 Å². The Kier molecular flexibility index (Phi) is 2.93. The van der Waals surface area contributed by atoms with Crippen molar-refractivity contribution >= 4 is 29.3 Å². The van der Waals surface area contributed by atoms with Crippen LogP contribution < -0.4 is 5.73 Å². The molecule has 0 fully saturated rings. The number of carboxylic acid groups (broad SMARTS) is 1. The van der Waals surface area contributed by atoms with Crippen molar-refractivity contribution in [2.75, 3.05) is 5.73 Å². The number of rotatable bonds is 2. The number of nitrogens with two attached hydrogens (primary N) is 1. The van der Waals surface area contributed by atoms with Crippen LogP contribution >= 0.6 is 11.6 Å². The van der Waals surface area contributed by atoms with E-state index in [1.54, 1.807) is 18.2 Å². The summed E-state index contributed by atoms with van der Waals surface area (Å²) in [5.74, 6) is -0.993. The molecule has 1 aromatic carbocycles. The Morgan fingerprint density at radius 3 is 2.77 bits per heavy atom. The standard InChI is InChI=1S/C9H8ClNO2/c10-7-5-6(1-3-8(7)11)2-4-9(12)13/h1-5H,11H2,(H,12,13)/b4-2-. The first kappa shape index (κ1) is 9.61. The first-order chi connectivity index (χ1) is 6.09. The molecule has 3 nitrogen and oxygen atoms in total. The second-order valence-electron chi connectivity index (χ2n) is 2.45. The van der Waals surface area contributed by atoms with E-state index in [0.29, 0.717) is 16.3 Å². The molecule has 0 spiro atoms. The number of benzene rings is 1. The maximum Gasteiger partial charge on any atom is 0.328 e. The number of aliphatic carboxylic acids is 1. The van der Waals surface area contributed by atoms with Gasteiger partial charge in [0.15, 0.2) is 0 Å². The quantitative estimate of drug-likeness (QED) is 0.563. The fourth-order valence-corrected chi connectivity index (χ4v) is 1.00. The van der Waals surface area contributed by atoms with Gasteiger partial charge in [0.05, 0.1) is 10.7 Å². The largest absolute Gasteiger partial charge is 0.478 e. The minimum Gasteiger partial charge on any atom is -0.478 e. The third-order valence-corrected chi connectivity index (χ3v) is 1.77. The summed E-state index contributed by atoms with van der Waals surface area (Å²) in [5.41, 5.74) is 6.66. The van der Waals surface area contributed by atoms with Crippen LogP contribution in [0.15, 0.2) is 24.3 Å². The third kappa shape index (κ3) is 2.80. The van der Waals surface area contributed by atoms with Gasteiger partial charge in [-0.25, -0.2) is 4.79 Å². The molecule has 0 heterocycles. The summed E-state index contributed by atoms with van der Waals surface area (Å²) in [7, 11) is 0. The van der Waals surface area contributed by atoms with Gasteiger partial charge in [0.25, 0.3) is 0 Å². The molecule has 0 unspecified atom stereocenters. The lowest BCUT2D eigenvalue weighted by Crippen LogP contribution is -1.87. The summed E-state index contributed by atoms with van der Waals surface area (Å²) in [4.78, 5) is 10.2. The highest BCUT2D eigenvalue weighted by molar-refractivity contribution is 6.33. The van der Waals surface area contributed by atoms with Crippen LogP contribution in [0, 0.1) is 0 Å². The zero-order valence-corrected chi connectivity index (χ0v) is 7.45. The topological polar surface area (TPSA) is 63.3 Å². The monoisotopic (exact) mass is 197 g/mol. The summed E-state index contributed by atoms with van der Waals surface area (Å²) < 4.78 is 0. The Balaban J connectivity index is 2.92. The lowest BCUT2D eigenvalue weighted by Gasteiger charge is -1.97. The van der Waals surface area contributed by atoms with Gasteiger partial charge in [0.1, 0.15) is 0 Å². The van der Waals surface area contributed by atoms with Crippen LogP contribution in [-0.2, 0) is 4.79 Å². The molecule has 0 aliphatic heterocycles. The Morgan fingerprint density at radius 2 is 2.23 bits per heavy atom. The zero-order chi connectivity index (χ0) is 9.84. The molecule has 68 valence electrons. The van der Waals surface area contributed by atoms with Gasteiger partial charge in [-0.3, -0.25) is 0 Å². The second-order valence-corrected chi connectivity index (χ2v) is 2.86. The number of hydrogen-bond acceptors (Lipinski definition) is 2. The van der Waals surface area contributed by atoms with Gasteiger partial charge in [-0.1, -0.05) is 17.7 Å². The zero-order valence-electron chi connectivity index (χ0n) is 6.70. The molecule has 0 radical (unpaired) electrons. The summed E-state index contributed by atoms with van der Waals surface area (Å²) in [6, 6.07) is 4.93. The molecule has 0 amide bonds. The van der Waals surface area contributed by atoms with E-state index >= 15 is 0 Å². The van der Waals surface area contributed by atoms with Crippen molar-refractivity contribution in [3.05, 3.63) is 34.9 Å². The highest BCUT2D eigenvalue weighted by atomic mass is 35.5.